The van der Waals surface area contributed by atoms with E-state index in [1.165, 1.54) is 25.3 Å². The summed E-state index contributed by atoms with van der Waals surface area (Å²) in [6.07, 6.45) is 1.29. The fourth-order valence-corrected chi connectivity index (χ4v) is 4.07. The van der Waals surface area contributed by atoms with Crippen LogP contribution in [0.25, 0.3) is 28.0 Å². The summed E-state index contributed by atoms with van der Waals surface area (Å²) in [5.74, 6) is -0.403. The molecule has 1 saturated heterocycles. The van der Waals surface area contributed by atoms with Crippen LogP contribution in [-0.2, 0) is 0 Å². The average molecular weight is 435 g/mol. The number of benzene rings is 2. The van der Waals surface area contributed by atoms with Crippen molar-refractivity contribution in [2.75, 3.05) is 25.1 Å². The Hall–Kier alpha value is -3.72. The summed E-state index contributed by atoms with van der Waals surface area (Å²) in [4.78, 5) is 14.9. The summed E-state index contributed by atoms with van der Waals surface area (Å²) in [6.45, 7) is 1.62. The van der Waals surface area contributed by atoms with Crippen LogP contribution in [0.4, 0.5) is 10.1 Å². The molecular formula is C23H22FN5O3. The van der Waals surface area contributed by atoms with Crippen molar-refractivity contribution in [2.45, 2.75) is 18.9 Å². The molecule has 9 heteroatoms. The van der Waals surface area contributed by atoms with Crippen LogP contribution < -0.4 is 15.2 Å². The molecule has 3 heterocycles. The van der Waals surface area contributed by atoms with Crippen LogP contribution in [0.5, 0.6) is 5.75 Å². The highest BCUT2D eigenvalue weighted by Crippen LogP contribution is 2.29. The highest BCUT2D eigenvalue weighted by molar-refractivity contribution is 5.89. The standard InChI is InChI=1S/C23H22FN5O3/c1-32-19-4-2-3-17(24)23(19)29-20(31)13-18-22(27-29)21(26-25-18)14-5-7-15(8-6-14)28-11-9-16(30)10-12-28/h2-8,13,16,25,30H,9-12H2,1H3. The van der Waals surface area contributed by atoms with Crippen molar-refractivity contribution in [3.8, 4) is 22.7 Å². The number of anilines is 1. The Morgan fingerprint density at radius 2 is 1.91 bits per heavy atom. The van der Waals surface area contributed by atoms with E-state index in [4.69, 9.17) is 4.74 Å². The molecule has 0 radical (unpaired) electrons. The molecule has 2 aromatic carbocycles. The third-order valence-corrected chi connectivity index (χ3v) is 5.80. The molecule has 2 aromatic heterocycles. The van der Waals surface area contributed by atoms with Gasteiger partial charge in [0.25, 0.3) is 5.56 Å². The maximum atomic E-state index is 14.6. The molecular weight excluding hydrogens is 413 g/mol. The summed E-state index contributed by atoms with van der Waals surface area (Å²) in [5, 5.41) is 21.3. The minimum absolute atomic E-state index is 0.0447. The molecule has 0 aliphatic carbocycles. The monoisotopic (exact) mass is 435 g/mol. The summed E-state index contributed by atoms with van der Waals surface area (Å²) < 4.78 is 20.8. The number of hydrogen-bond donors (Lipinski definition) is 2. The zero-order valence-electron chi connectivity index (χ0n) is 17.5. The molecule has 164 valence electrons. The first-order valence-electron chi connectivity index (χ1n) is 10.4. The number of aliphatic hydroxyl groups excluding tert-OH is 1. The molecule has 0 saturated carbocycles. The van der Waals surface area contributed by atoms with Gasteiger partial charge in [-0.25, -0.2) is 4.39 Å². The predicted octanol–water partition coefficient (Wildman–Crippen LogP) is 2.88. The number of aromatic nitrogens is 4. The molecule has 1 fully saturated rings. The molecule has 0 unspecified atom stereocenters. The summed E-state index contributed by atoms with van der Waals surface area (Å²) in [7, 11) is 1.41. The van der Waals surface area contributed by atoms with Gasteiger partial charge in [0.05, 0.1) is 18.7 Å². The first-order chi connectivity index (χ1) is 15.5. The van der Waals surface area contributed by atoms with Crippen molar-refractivity contribution in [3.63, 3.8) is 0 Å². The lowest BCUT2D eigenvalue weighted by molar-refractivity contribution is 0.145. The maximum absolute atomic E-state index is 14.6. The molecule has 2 N–H and O–H groups in total. The second-order valence-electron chi connectivity index (χ2n) is 7.78. The molecule has 0 bridgehead atoms. The second-order valence-corrected chi connectivity index (χ2v) is 7.78. The largest absolute Gasteiger partial charge is 0.494 e. The smallest absolute Gasteiger partial charge is 0.273 e. The average Bonchev–Trinajstić information content (AvgIpc) is 3.21. The molecule has 0 spiro atoms. The molecule has 5 rings (SSSR count). The molecule has 0 atom stereocenters. The van der Waals surface area contributed by atoms with Crippen LogP contribution >= 0.6 is 0 Å². The maximum Gasteiger partial charge on any atom is 0.273 e. The first-order valence-corrected chi connectivity index (χ1v) is 10.4. The lowest BCUT2D eigenvalue weighted by Crippen LogP contribution is -2.35. The molecule has 32 heavy (non-hydrogen) atoms. The number of methoxy groups -OCH3 is 1. The van der Waals surface area contributed by atoms with Gasteiger partial charge < -0.3 is 14.7 Å². The summed E-state index contributed by atoms with van der Waals surface area (Å²) in [5.41, 5.74) is 2.81. The Morgan fingerprint density at radius 1 is 1.16 bits per heavy atom. The Morgan fingerprint density at radius 3 is 2.62 bits per heavy atom. The van der Waals surface area contributed by atoms with Gasteiger partial charge in [-0.3, -0.25) is 9.89 Å². The number of fused-ring (bicyclic) bond motifs is 1. The van der Waals surface area contributed by atoms with Crippen molar-refractivity contribution >= 4 is 16.7 Å². The topological polar surface area (TPSA) is 96.3 Å². The summed E-state index contributed by atoms with van der Waals surface area (Å²) >= 11 is 0. The van der Waals surface area contributed by atoms with E-state index in [1.54, 1.807) is 6.07 Å². The normalized spacial score (nSPS) is 14.8. The van der Waals surface area contributed by atoms with Gasteiger partial charge in [0, 0.05) is 30.4 Å². The first kappa shape index (κ1) is 20.2. The number of piperidine rings is 1. The van der Waals surface area contributed by atoms with Crippen LogP contribution in [0.1, 0.15) is 12.8 Å². The SMILES string of the molecule is COc1cccc(F)c1-n1nc2c(-c3ccc(N4CCC(O)CC4)cc3)n[nH]c2cc1=O. The highest BCUT2D eigenvalue weighted by atomic mass is 19.1. The zero-order valence-corrected chi connectivity index (χ0v) is 17.5. The third kappa shape index (κ3) is 3.50. The van der Waals surface area contributed by atoms with E-state index in [1.807, 2.05) is 24.3 Å². The van der Waals surface area contributed by atoms with Crippen LogP contribution in [0.3, 0.4) is 0 Å². The van der Waals surface area contributed by atoms with Gasteiger partial charge >= 0.3 is 0 Å². The van der Waals surface area contributed by atoms with Crippen LogP contribution in [0.15, 0.2) is 53.3 Å². The van der Waals surface area contributed by atoms with Gasteiger partial charge in [0.1, 0.15) is 22.6 Å². The van der Waals surface area contributed by atoms with E-state index in [2.05, 4.69) is 20.2 Å². The van der Waals surface area contributed by atoms with E-state index in [0.717, 1.165) is 41.9 Å². The Balaban J connectivity index is 1.55. The predicted molar refractivity (Wildman–Crippen MR) is 119 cm³/mol. The van der Waals surface area contributed by atoms with Gasteiger partial charge in [-0.15, -0.1) is 0 Å². The Bertz CT molecular complexity index is 1320. The van der Waals surface area contributed by atoms with Crippen molar-refractivity contribution in [2.24, 2.45) is 0 Å². The lowest BCUT2D eigenvalue weighted by atomic mass is 10.1. The minimum atomic E-state index is -0.612. The number of aliphatic hydroxyl groups is 1. The number of nitrogens with zero attached hydrogens (tertiary/aromatic N) is 4. The number of para-hydroxylation sites is 1. The van der Waals surface area contributed by atoms with E-state index in [-0.39, 0.29) is 17.5 Å². The van der Waals surface area contributed by atoms with Crippen LogP contribution in [0, 0.1) is 5.82 Å². The fourth-order valence-electron chi connectivity index (χ4n) is 4.07. The van der Waals surface area contributed by atoms with Crippen molar-refractivity contribution in [3.05, 3.63) is 64.7 Å². The number of hydrogen-bond acceptors (Lipinski definition) is 6. The minimum Gasteiger partial charge on any atom is -0.494 e. The number of halogens is 1. The quantitative estimate of drug-likeness (QED) is 0.512. The number of ether oxygens (including phenoxy) is 1. The number of nitrogens with one attached hydrogen (secondary N) is 1. The van der Waals surface area contributed by atoms with Crippen molar-refractivity contribution in [1.82, 2.24) is 20.0 Å². The van der Waals surface area contributed by atoms with E-state index < -0.39 is 11.4 Å². The van der Waals surface area contributed by atoms with Gasteiger partial charge in [-0.2, -0.15) is 14.9 Å². The number of rotatable bonds is 4. The zero-order chi connectivity index (χ0) is 22.2. The third-order valence-electron chi connectivity index (χ3n) is 5.80. The van der Waals surface area contributed by atoms with Crippen LogP contribution in [0.2, 0.25) is 0 Å². The molecule has 0 amide bonds. The number of aromatic amines is 1. The lowest BCUT2D eigenvalue weighted by Gasteiger charge is -2.31. The van der Waals surface area contributed by atoms with Crippen molar-refractivity contribution < 1.29 is 14.2 Å². The van der Waals surface area contributed by atoms with Gasteiger partial charge in [-0.1, -0.05) is 18.2 Å². The highest BCUT2D eigenvalue weighted by Gasteiger charge is 2.20. The molecule has 1 aliphatic rings. The fraction of sp³-hybridized carbons (Fsp3) is 0.261. The van der Waals surface area contributed by atoms with Crippen molar-refractivity contribution in [1.29, 1.82) is 0 Å². The molecule has 4 aromatic rings. The van der Waals surface area contributed by atoms with E-state index in [0.29, 0.717) is 16.7 Å². The molecule has 1 aliphatic heterocycles. The van der Waals surface area contributed by atoms with Gasteiger partial charge in [-0.05, 0) is 37.1 Å². The molecule has 8 nitrogen and oxygen atoms in total. The Labute approximate surface area is 182 Å². The van der Waals surface area contributed by atoms with Gasteiger partial charge in [0.15, 0.2) is 5.82 Å². The second kappa shape index (κ2) is 8.08. The van der Waals surface area contributed by atoms with E-state index >= 15 is 0 Å². The van der Waals surface area contributed by atoms with Gasteiger partial charge in [0.2, 0.25) is 0 Å². The number of H-pyrrole nitrogens is 1. The van der Waals surface area contributed by atoms with E-state index in [9.17, 15) is 14.3 Å². The summed E-state index contributed by atoms with van der Waals surface area (Å²) in [6, 6.07) is 13.6. The van der Waals surface area contributed by atoms with Crippen LogP contribution in [-0.4, -0.2) is 51.4 Å². The Kier molecular flexibility index (Phi) is 5.10.